The number of nitrogens with one attached hydrogen (secondary N) is 1. The molecule has 1 saturated carbocycles. The Balaban J connectivity index is 0.000000817. The van der Waals surface area contributed by atoms with Gasteiger partial charge in [-0.05, 0) is 31.2 Å². The summed E-state index contributed by atoms with van der Waals surface area (Å²) in [4.78, 5) is 12.3. The number of rotatable bonds is 6. The molecule has 1 saturated heterocycles. The third-order valence-electron chi connectivity index (χ3n) is 5.05. The van der Waals surface area contributed by atoms with Gasteiger partial charge >= 0.3 is 5.97 Å². The van der Waals surface area contributed by atoms with Crippen LogP contribution in [0.4, 0.5) is 0 Å². The first-order valence-corrected chi connectivity index (χ1v) is 10.2. The summed E-state index contributed by atoms with van der Waals surface area (Å²) in [6.45, 7) is 6.02. The predicted octanol–water partition coefficient (Wildman–Crippen LogP) is 3.71. The van der Waals surface area contributed by atoms with E-state index in [9.17, 15) is 4.79 Å². The SMILES string of the molecule is CCC.COC1COCCC1NC1CCC(C(=O)OCc2ccccc2)C1. The molecule has 2 fully saturated rings. The first kappa shape index (κ1) is 21.9. The molecule has 0 amide bonds. The molecule has 5 heteroatoms. The van der Waals surface area contributed by atoms with E-state index in [-0.39, 0.29) is 18.0 Å². The highest BCUT2D eigenvalue weighted by Crippen LogP contribution is 2.28. The van der Waals surface area contributed by atoms with Gasteiger partial charge in [0.2, 0.25) is 0 Å². The maximum Gasteiger partial charge on any atom is 0.309 e. The van der Waals surface area contributed by atoms with Crippen LogP contribution in [0.25, 0.3) is 0 Å². The molecule has 0 bridgehead atoms. The number of benzene rings is 1. The minimum Gasteiger partial charge on any atom is -0.461 e. The standard InChI is InChI=1S/C19H27NO4.C3H8/c1-22-18-13-23-10-9-17(18)20-16-8-7-15(11-16)19(21)24-12-14-5-3-2-4-6-14;1-3-2/h2-6,15-18,20H,7-13H2,1H3;3H2,1-2H3. The maximum atomic E-state index is 12.3. The van der Waals surface area contributed by atoms with Crippen molar-refractivity contribution in [3.8, 4) is 0 Å². The predicted molar refractivity (Wildman–Crippen MR) is 106 cm³/mol. The van der Waals surface area contributed by atoms with Crippen LogP contribution in [0, 0.1) is 5.92 Å². The van der Waals surface area contributed by atoms with E-state index >= 15 is 0 Å². The summed E-state index contributed by atoms with van der Waals surface area (Å²) in [5, 5.41) is 3.66. The molecule has 3 rings (SSSR count). The van der Waals surface area contributed by atoms with Gasteiger partial charge in [0.05, 0.1) is 18.6 Å². The molecule has 1 N–H and O–H groups in total. The molecule has 1 aromatic carbocycles. The first-order valence-electron chi connectivity index (χ1n) is 10.2. The Bertz CT molecular complexity index is 536. The van der Waals surface area contributed by atoms with E-state index in [2.05, 4.69) is 19.2 Å². The molecule has 2 aliphatic rings. The summed E-state index contributed by atoms with van der Waals surface area (Å²) < 4.78 is 16.4. The van der Waals surface area contributed by atoms with Gasteiger partial charge in [-0.3, -0.25) is 4.79 Å². The zero-order valence-electron chi connectivity index (χ0n) is 17.0. The van der Waals surface area contributed by atoms with Crippen molar-refractivity contribution in [3.05, 3.63) is 35.9 Å². The van der Waals surface area contributed by atoms with E-state index in [0.717, 1.165) is 37.9 Å². The third kappa shape index (κ3) is 7.24. The number of methoxy groups -OCH3 is 1. The Kier molecular flexibility index (Phi) is 9.81. The van der Waals surface area contributed by atoms with E-state index in [0.29, 0.717) is 25.3 Å². The van der Waals surface area contributed by atoms with Gasteiger partial charge in [-0.15, -0.1) is 0 Å². The van der Waals surface area contributed by atoms with Crippen molar-refractivity contribution >= 4 is 5.97 Å². The monoisotopic (exact) mass is 377 g/mol. The Labute approximate surface area is 163 Å². The van der Waals surface area contributed by atoms with Crippen LogP contribution in [-0.2, 0) is 25.6 Å². The van der Waals surface area contributed by atoms with Crippen molar-refractivity contribution in [1.82, 2.24) is 5.32 Å². The number of hydrogen-bond acceptors (Lipinski definition) is 5. The van der Waals surface area contributed by atoms with Gasteiger partial charge in [0.15, 0.2) is 0 Å². The lowest BCUT2D eigenvalue weighted by atomic mass is 10.0. The second-order valence-corrected chi connectivity index (χ2v) is 7.42. The summed E-state index contributed by atoms with van der Waals surface area (Å²) in [5.41, 5.74) is 1.03. The molecular formula is C22H35NO4. The molecular weight excluding hydrogens is 342 g/mol. The van der Waals surface area contributed by atoms with Gasteiger partial charge in [0.25, 0.3) is 0 Å². The number of esters is 1. The average Bonchev–Trinajstić information content (AvgIpc) is 3.16. The maximum absolute atomic E-state index is 12.3. The zero-order chi connectivity index (χ0) is 19.5. The van der Waals surface area contributed by atoms with Gasteiger partial charge < -0.3 is 19.5 Å². The molecule has 152 valence electrons. The highest BCUT2D eigenvalue weighted by molar-refractivity contribution is 5.72. The molecule has 1 heterocycles. The highest BCUT2D eigenvalue weighted by Gasteiger charge is 2.34. The van der Waals surface area contributed by atoms with E-state index in [1.54, 1.807) is 7.11 Å². The van der Waals surface area contributed by atoms with E-state index in [1.165, 1.54) is 6.42 Å². The largest absolute Gasteiger partial charge is 0.461 e. The van der Waals surface area contributed by atoms with Crippen molar-refractivity contribution in [2.75, 3.05) is 20.3 Å². The molecule has 1 aromatic rings. The minimum absolute atomic E-state index is 0.00653. The third-order valence-corrected chi connectivity index (χ3v) is 5.05. The molecule has 5 nitrogen and oxygen atoms in total. The van der Waals surface area contributed by atoms with Crippen LogP contribution in [0.1, 0.15) is 51.5 Å². The van der Waals surface area contributed by atoms with E-state index < -0.39 is 0 Å². The van der Waals surface area contributed by atoms with Crippen LogP contribution in [0.5, 0.6) is 0 Å². The summed E-state index contributed by atoms with van der Waals surface area (Å²) >= 11 is 0. The fourth-order valence-corrected chi connectivity index (χ4v) is 3.63. The topological polar surface area (TPSA) is 56.8 Å². The normalized spacial score (nSPS) is 27.5. The second-order valence-electron chi connectivity index (χ2n) is 7.42. The molecule has 4 atom stereocenters. The van der Waals surface area contributed by atoms with Crippen LogP contribution in [0.2, 0.25) is 0 Å². The summed E-state index contributed by atoms with van der Waals surface area (Å²) in [6.07, 6.45) is 5.06. The molecule has 0 spiro atoms. The van der Waals surface area contributed by atoms with Crippen molar-refractivity contribution in [2.24, 2.45) is 5.92 Å². The number of carbonyl (C=O) groups is 1. The van der Waals surface area contributed by atoms with Gasteiger partial charge in [-0.1, -0.05) is 50.6 Å². The van der Waals surface area contributed by atoms with Crippen LogP contribution < -0.4 is 5.32 Å². The lowest BCUT2D eigenvalue weighted by Crippen LogP contribution is -2.50. The second kappa shape index (κ2) is 12.1. The molecule has 27 heavy (non-hydrogen) atoms. The number of hydrogen-bond donors (Lipinski definition) is 1. The fourth-order valence-electron chi connectivity index (χ4n) is 3.63. The Morgan fingerprint density at radius 3 is 2.63 bits per heavy atom. The Morgan fingerprint density at radius 1 is 1.19 bits per heavy atom. The highest BCUT2D eigenvalue weighted by atomic mass is 16.5. The average molecular weight is 378 g/mol. The van der Waals surface area contributed by atoms with Crippen LogP contribution >= 0.6 is 0 Å². The van der Waals surface area contributed by atoms with Crippen molar-refractivity contribution < 1.29 is 19.0 Å². The summed E-state index contributed by atoms with van der Waals surface area (Å²) in [6, 6.07) is 10.5. The van der Waals surface area contributed by atoms with E-state index in [1.807, 2.05) is 30.3 Å². The summed E-state index contributed by atoms with van der Waals surface area (Å²) in [5.74, 6) is -0.0644. The summed E-state index contributed by atoms with van der Waals surface area (Å²) in [7, 11) is 1.73. The van der Waals surface area contributed by atoms with Crippen molar-refractivity contribution in [2.45, 2.75) is 70.7 Å². The minimum atomic E-state index is -0.0709. The van der Waals surface area contributed by atoms with Crippen LogP contribution in [-0.4, -0.2) is 44.5 Å². The van der Waals surface area contributed by atoms with Crippen molar-refractivity contribution in [3.63, 3.8) is 0 Å². The lowest BCUT2D eigenvalue weighted by molar-refractivity contribution is -0.149. The van der Waals surface area contributed by atoms with Crippen molar-refractivity contribution in [1.29, 1.82) is 0 Å². The molecule has 0 radical (unpaired) electrons. The van der Waals surface area contributed by atoms with Gasteiger partial charge in [0, 0.05) is 25.8 Å². The van der Waals surface area contributed by atoms with Gasteiger partial charge in [-0.25, -0.2) is 0 Å². The fraction of sp³-hybridized carbons (Fsp3) is 0.682. The smallest absolute Gasteiger partial charge is 0.309 e. The van der Waals surface area contributed by atoms with Crippen LogP contribution in [0.15, 0.2) is 30.3 Å². The number of ether oxygens (including phenoxy) is 3. The van der Waals surface area contributed by atoms with Gasteiger partial charge in [0.1, 0.15) is 6.61 Å². The first-order chi connectivity index (χ1) is 13.2. The van der Waals surface area contributed by atoms with Gasteiger partial charge in [-0.2, -0.15) is 0 Å². The zero-order valence-corrected chi connectivity index (χ0v) is 17.0. The molecule has 1 aliphatic carbocycles. The Morgan fingerprint density at radius 2 is 1.93 bits per heavy atom. The number of carbonyl (C=O) groups excluding carboxylic acids is 1. The molecule has 4 unspecified atom stereocenters. The lowest BCUT2D eigenvalue weighted by Gasteiger charge is -2.33. The Hall–Kier alpha value is -1.43. The van der Waals surface area contributed by atoms with Crippen LogP contribution in [0.3, 0.4) is 0 Å². The quantitative estimate of drug-likeness (QED) is 0.766. The molecule has 1 aliphatic heterocycles. The molecule has 0 aromatic heterocycles. The van der Waals surface area contributed by atoms with E-state index in [4.69, 9.17) is 14.2 Å².